The van der Waals surface area contributed by atoms with E-state index in [1.165, 1.54) is 0 Å². The number of nitrogens with zero attached hydrogens (tertiary/aromatic N) is 1. The molecule has 3 aromatic rings. The summed E-state index contributed by atoms with van der Waals surface area (Å²) < 4.78 is 5.06. The summed E-state index contributed by atoms with van der Waals surface area (Å²) in [5.74, 6) is 0.819. The molecule has 1 aromatic heterocycles. The summed E-state index contributed by atoms with van der Waals surface area (Å²) in [4.78, 5) is 19.3. The fraction of sp³-hybridized carbons (Fsp3) is 0.273. The number of hydrogen-bond donors (Lipinski definition) is 2. The third kappa shape index (κ3) is 5.36. The van der Waals surface area contributed by atoms with Gasteiger partial charge in [-0.15, -0.1) is 0 Å². The normalized spacial score (nSPS) is 10.6. The summed E-state index contributed by atoms with van der Waals surface area (Å²) in [5.41, 5.74) is 3.96. The summed E-state index contributed by atoms with van der Waals surface area (Å²) in [5, 5.41) is 3.47. The molecule has 0 atom stereocenters. The van der Waals surface area contributed by atoms with Gasteiger partial charge >= 0.3 is 6.09 Å². The van der Waals surface area contributed by atoms with Gasteiger partial charge < -0.3 is 15.0 Å². The molecule has 2 N–H and O–H groups in total. The first kappa shape index (κ1) is 20.0. The van der Waals surface area contributed by atoms with E-state index in [1.807, 2.05) is 54.7 Å². The van der Waals surface area contributed by atoms with Crippen LogP contribution < -0.4 is 5.32 Å². The summed E-state index contributed by atoms with van der Waals surface area (Å²) in [6.45, 7) is 2.99. The molecule has 28 heavy (non-hydrogen) atoms. The number of rotatable bonds is 8. The van der Waals surface area contributed by atoms with Gasteiger partial charge in [-0.1, -0.05) is 67.4 Å². The number of ether oxygens (including phenoxy) is 1. The number of amides is 1. The molecule has 1 heterocycles. The fourth-order valence-electron chi connectivity index (χ4n) is 2.80. The fourth-order valence-corrected chi connectivity index (χ4v) is 3.04. The van der Waals surface area contributed by atoms with E-state index < -0.39 is 0 Å². The number of carbonyl (C=O) groups is 1. The lowest BCUT2D eigenvalue weighted by atomic mass is 10.0. The maximum absolute atomic E-state index is 11.5. The van der Waals surface area contributed by atoms with Crippen molar-refractivity contribution in [1.82, 2.24) is 15.3 Å². The van der Waals surface area contributed by atoms with Gasteiger partial charge in [0.1, 0.15) is 5.82 Å². The van der Waals surface area contributed by atoms with Crippen LogP contribution in [0.2, 0.25) is 5.02 Å². The number of halogens is 1. The molecular formula is C22H24ClN3O2. The minimum atomic E-state index is -0.379. The number of hydrogen-bond acceptors (Lipinski definition) is 3. The number of carbonyl (C=O) groups excluding carboxylic acids is 1. The van der Waals surface area contributed by atoms with Crippen LogP contribution in [0.1, 0.15) is 25.6 Å². The van der Waals surface area contributed by atoms with Crippen molar-refractivity contribution in [2.45, 2.75) is 26.2 Å². The number of benzene rings is 2. The number of aromatic nitrogens is 2. The lowest BCUT2D eigenvalue weighted by Gasteiger charge is -2.05. The second-order valence-electron chi connectivity index (χ2n) is 6.46. The Labute approximate surface area is 170 Å². The van der Waals surface area contributed by atoms with Gasteiger partial charge in [0, 0.05) is 35.3 Å². The Balaban J connectivity index is 1.55. The van der Waals surface area contributed by atoms with Gasteiger partial charge in [-0.25, -0.2) is 9.78 Å². The SMILES string of the molecule is CCCCOC(=O)NCCc1nc(-c2ccc(-c3ccccc3Cl)cc2)c[nH]1. The molecule has 5 nitrogen and oxygen atoms in total. The number of nitrogens with one attached hydrogen (secondary N) is 2. The van der Waals surface area contributed by atoms with E-state index in [4.69, 9.17) is 16.3 Å². The highest BCUT2D eigenvalue weighted by atomic mass is 35.5. The average Bonchev–Trinajstić information content (AvgIpc) is 3.18. The lowest BCUT2D eigenvalue weighted by Crippen LogP contribution is -2.27. The Morgan fingerprint density at radius 2 is 1.89 bits per heavy atom. The molecule has 0 radical (unpaired) electrons. The molecule has 0 aliphatic rings. The number of H-pyrrole nitrogens is 1. The Morgan fingerprint density at radius 1 is 1.14 bits per heavy atom. The maximum atomic E-state index is 11.5. The van der Waals surface area contributed by atoms with Crippen molar-refractivity contribution in [2.75, 3.05) is 13.2 Å². The predicted molar refractivity (Wildman–Crippen MR) is 112 cm³/mol. The van der Waals surface area contributed by atoms with Crippen molar-refractivity contribution >= 4 is 17.7 Å². The molecule has 0 unspecified atom stereocenters. The van der Waals surface area contributed by atoms with Crippen LogP contribution in [0.3, 0.4) is 0 Å². The highest BCUT2D eigenvalue weighted by Crippen LogP contribution is 2.29. The summed E-state index contributed by atoms with van der Waals surface area (Å²) in [6.07, 6.45) is 3.99. The smallest absolute Gasteiger partial charge is 0.407 e. The number of unbranched alkanes of at least 4 members (excludes halogenated alkanes) is 1. The Kier molecular flexibility index (Phi) is 7.09. The zero-order chi connectivity index (χ0) is 19.8. The highest BCUT2D eigenvalue weighted by Gasteiger charge is 2.07. The van der Waals surface area contributed by atoms with Crippen molar-refractivity contribution in [3.05, 3.63) is 65.6 Å². The van der Waals surface area contributed by atoms with Crippen LogP contribution in [0.5, 0.6) is 0 Å². The standard InChI is InChI=1S/C22H24ClN3O2/c1-2-3-14-28-22(27)24-13-12-21-25-15-20(26-21)17-10-8-16(9-11-17)18-6-4-5-7-19(18)23/h4-11,15H,2-3,12-14H2,1H3,(H,24,27)(H,25,26). The highest BCUT2D eigenvalue weighted by molar-refractivity contribution is 6.33. The molecule has 0 aliphatic heterocycles. The van der Waals surface area contributed by atoms with E-state index in [1.54, 1.807) is 0 Å². The van der Waals surface area contributed by atoms with Crippen LogP contribution in [0.15, 0.2) is 54.7 Å². The molecule has 0 bridgehead atoms. The van der Waals surface area contributed by atoms with Gasteiger partial charge in [-0.2, -0.15) is 0 Å². The minimum Gasteiger partial charge on any atom is -0.450 e. The molecule has 1 amide bonds. The summed E-state index contributed by atoms with van der Waals surface area (Å²) >= 11 is 6.27. The third-order valence-corrected chi connectivity index (χ3v) is 4.69. The van der Waals surface area contributed by atoms with Gasteiger partial charge in [0.15, 0.2) is 0 Å². The molecule has 6 heteroatoms. The Bertz CT molecular complexity index is 906. The molecule has 0 saturated carbocycles. The van der Waals surface area contributed by atoms with Crippen LogP contribution >= 0.6 is 11.6 Å². The molecule has 146 valence electrons. The van der Waals surface area contributed by atoms with E-state index in [0.29, 0.717) is 19.6 Å². The predicted octanol–water partition coefficient (Wildman–Crippen LogP) is 5.47. The van der Waals surface area contributed by atoms with E-state index in [2.05, 4.69) is 22.2 Å². The van der Waals surface area contributed by atoms with Gasteiger partial charge in [0.2, 0.25) is 0 Å². The molecule has 0 fully saturated rings. The van der Waals surface area contributed by atoms with Crippen molar-refractivity contribution in [1.29, 1.82) is 0 Å². The van der Waals surface area contributed by atoms with Crippen LogP contribution in [-0.2, 0) is 11.2 Å². The van der Waals surface area contributed by atoms with Crippen LogP contribution in [-0.4, -0.2) is 29.2 Å². The van der Waals surface area contributed by atoms with Crippen LogP contribution in [0, 0.1) is 0 Å². The van der Waals surface area contributed by atoms with Crippen molar-refractivity contribution in [3.8, 4) is 22.4 Å². The van der Waals surface area contributed by atoms with Crippen molar-refractivity contribution in [3.63, 3.8) is 0 Å². The molecule has 0 aliphatic carbocycles. The zero-order valence-corrected chi connectivity index (χ0v) is 16.6. The topological polar surface area (TPSA) is 67.0 Å². The zero-order valence-electron chi connectivity index (χ0n) is 15.9. The lowest BCUT2D eigenvalue weighted by molar-refractivity contribution is 0.144. The number of aromatic amines is 1. The molecule has 0 spiro atoms. The van der Waals surface area contributed by atoms with E-state index in [-0.39, 0.29) is 6.09 Å². The van der Waals surface area contributed by atoms with Crippen molar-refractivity contribution in [2.24, 2.45) is 0 Å². The largest absolute Gasteiger partial charge is 0.450 e. The van der Waals surface area contributed by atoms with E-state index >= 15 is 0 Å². The van der Waals surface area contributed by atoms with E-state index in [9.17, 15) is 4.79 Å². The Morgan fingerprint density at radius 3 is 2.64 bits per heavy atom. The molecule has 0 saturated heterocycles. The van der Waals surface area contributed by atoms with Crippen molar-refractivity contribution < 1.29 is 9.53 Å². The second-order valence-corrected chi connectivity index (χ2v) is 6.86. The first-order valence-electron chi connectivity index (χ1n) is 9.47. The monoisotopic (exact) mass is 397 g/mol. The summed E-state index contributed by atoms with van der Waals surface area (Å²) in [6, 6.07) is 15.9. The number of imidazole rings is 1. The summed E-state index contributed by atoms with van der Waals surface area (Å²) in [7, 11) is 0. The average molecular weight is 398 g/mol. The molecular weight excluding hydrogens is 374 g/mol. The maximum Gasteiger partial charge on any atom is 0.407 e. The minimum absolute atomic E-state index is 0.379. The van der Waals surface area contributed by atoms with Gasteiger partial charge in [0.25, 0.3) is 0 Å². The third-order valence-electron chi connectivity index (χ3n) is 4.36. The quantitative estimate of drug-likeness (QED) is 0.495. The first-order valence-corrected chi connectivity index (χ1v) is 9.85. The first-order chi connectivity index (χ1) is 13.7. The van der Waals surface area contributed by atoms with Gasteiger partial charge in [-0.05, 0) is 18.1 Å². The van der Waals surface area contributed by atoms with Crippen LogP contribution in [0.4, 0.5) is 4.79 Å². The molecule has 2 aromatic carbocycles. The van der Waals surface area contributed by atoms with Gasteiger partial charge in [-0.3, -0.25) is 0 Å². The molecule has 3 rings (SSSR count). The Hall–Kier alpha value is -2.79. The second kappa shape index (κ2) is 9.95. The van der Waals surface area contributed by atoms with Crippen LogP contribution in [0.25, 0.3) is 22.4 Å². The van der Waals surface area contributed by atoms with Gasteiger partial charge in [0.05, 0.1) is 12.3 Å². The number of alkyl carbamates (subject to hydrolysis) is 1. The van der Waals surface area contributed by atoms with E-state index in [0.717, 1.165) is 46.1 Å².